The van der Waals surface area contributed by atoms with E-state index in [0.29, 0.717) is 49.4 Å². The van der Waals surface area contributed by atoms with Crippen molar-refractivity contribution in [1.29, 1.82) is 0 Å². The van der Waals surface area contributed by atoms with Crippen LogP contribution in [0.1, 0.15) is 23.7 Å². The Labute approximate surface area is 219 Å². The van der Waals surface area contributed by atoms with Crippen molar-refractivity contribution in [3.63, 3.8) is 0 Å². The molecule has 1 fully saturated rings. The number of Topliss-reactive ketones (excluding diaryl/α,β-unsaturated/α-hetero) is 1. The number of aryl methyl sites for hydroxylation is 1. The molecule has 1 aliphatic rings. The molecule has 2 aromatic carbocycles. The molecule has 1 atom stereocenters. The predicted molar refractivity (Wildman–Crippen MR) is 144 cm³/mol. The van der Waals surface area contributed by atoms with Crippen molar-refractivity contribution >= 4 is 50.3 Å². The summed E-state index contributed by atoms with van der Waals surface area (Å²) in [6.45, 7) is 3.62. The van der Waals surface area contributed by atoms with Crippen molar-refractivity contribution in [3.8, 4) is 0 Å². The molecule has 1 amide bonds. The van der Waals surface area contributed by atoms with Gasteiger partial charge in [0.05, 0.1) is 10.4 Å². The van der Waals surface area contributed by atoms with Crippen LogP contribution in [0.2, 0.25) is 0 Å². The van der Waals surface area contributed by atoms with E-state index < -0.39 is 21.8 Å². The van der Waals surface area contributed by atoms with Gasteiger partial charge in [-0.1, -0.05) is 0 Å². The number of nitrogens with one attached hydrogen (secondary N) is 1. The Morgan fingerprint density at radius 3 is 2.38 bits per heavy atom. The van der Waals surface area contributed by atoms with Crippen molar-refractivity contribution in [3.05, 3.63) is 58.6 Å². The molecule has 0 radical (unpaired) electrons. The second-order valence-electron chi connectivity index (χ2n) is 8.93. The summed E-state index contributed by atoms with van der Waals surface area (Å²) in [6.07, 6.45) is 2.24. The van der Waals surface area contributed by atoms with Gasteiger partial charge in [-0.25, -0.2) is 13.2 Å². The molecule has 0 spiro atoms. The molecule has 0 unspecified atom stereocenters. The standard InChI is InChI=1S/C25H30N4O6S2/c1-17(30)18-4-6-19(7-5-18)28-11-13-29(14-12-28)24(31)21(10-15-36-3)26-37(33,34)20-8-9-22-23(16-20)35-25(32)27(22)2/h4-9,16,21,26H,10-15H2,1-3H3/t21-/m0/s1. The largest absolute Gasteiger partial charge is 0.419 e. The SMILES string of the molecule is CSCC[C@H](NS(=O)(=O)c1ccc2c(c1)oc(=O)n2C)C(=O)N1CCN(c2ccc(C(C)=O)cc2)CC1. The van der Waals surface area contributed by atoms with Crippen molar-refractivity contribution in [2.75, 3.05) is 43.1 Å². The molecule has 1 aromatic heterocycles. The van der Waals surface area contributed by atoms with Crippen LogP contribution in [-0.4, -0.2) is 73.8 Å². The van der Waals surface area contributed by atoms with Crippen molar-refractivity contribution < 1.29 is 22.4 Å². The van der Waals surface area contributed by atoms with Gasteiger partial charge in [0, 0.05) is 50.5 Å². The molecule has 12 heteroatoms. The molecular weight excluding hydrogens is 516 g/mol. The number of nitrogens with zero attached hydrogens (tertiary/aromatic N) is 3. The molecule has 0 saturated carbocycles. The number of benzene rings is 2. The quantitative estimate of drug-likeness (QED) is 0.405. The van der Waals surface area contributed by atoms with Crippen LogP contribution in [0, 0.1) is 0 Å². The van der Waals surface area contributed by atoms with E-state index in [1.807, 2.05) is 18.4 Å². The summed E-state index contributed by atoms with van der Waals surface area (Å²) in [6, 6.07) is 10.7. The van der Waals surface area contributed by atoms with E-state index in [-0.39, 0.29) is 22.2 Å². The number of aromatic nitrogens is 1. The number of anilines is 1. The van der Waals surface area contributed by atoms with Crippen LogP contribution in [0.5, 0.6) is 0 Å². The zero-order valence-corrected chi connectivity index (χ0v) is 22.6. The minimum absolute atomic E-state index is 0.00828. The zero-order valence-electron chi connectivity index (χ0n) is 21.0. The van der Waals surface area contributed by atoms with Crippen LogP contribution in [0.25, 0.3) is 11.1 Å². The second-order valence-corrected chi connectivity index (χ2v) is 11.6. The molecule has 1 N–H and O–H groups in total. The number of carbonyl (C=O) groups is 2. The van der Waals surface area contributed by atoms with E-state index in [1.54, 1.807) is 24.1 Å². The van der Waals surface area contributed by atoms with Crippen LogP contribution in [0.3, 0.4) is 0 Å². The predicted octanol–water partition coefficient (Wildman–Crippen LogP) is 2.08. The Morgan fingerprint density at radius 1 is 1.08 bits per heavy atom. The van der Waals surface area contributed by atoms with Crippen LogP contribution < -0.4 is 15.4 Å². The topological polar surface area (TPSA) is 122 Å². The minimum Gasteiger partial charge on any atom is -0.408 e. The van der Waals surface area contributed by atoms with Crippen LogP contribution in [0.15, 0.2) is 56.6 Å². The van der Waals surface area contributed by atoms with Gasteiger partial charge in [-0.2, -0.15) is 16.5 Å². The molecule has 2 heterocycles. The average molecular weight is 547 g/mol. The molecule has 198 valence electrons. The molecule has 0 aliphatic carbocycles. The van der Waals surface area contributed by atoms with Crippen LogP contribution in [-0.2, 0) is 21.9 Å². The van der Waals surface area contributed by atoms with E-state index in [1.165, 1.54) is 41.5 Å². The van der Waals surface area contributed by atoms with Gasteiger partial charge in [-0.3, -0.25) is 14.2 Å². The molecule has 10 nitrogen and oxygen atoms in total. The highest BCUT2D eigenvalue weighted by Gasteiger charge is 2.31. The Bertz CT molecular complexity index is 1450. The zero-order chi connectivity index (χ0) is 26.7. The highest BCUT2D eigenvalue weighted by Crippen LogP contribution is 2.21. The summed E-state index contributed by atoms with van der Waals surface area (Å²) < 4.78 is 35.4. The fourth-order valence-corrected chi connectivity index (χ4v) is 6.03. The summed E-state index contributed by atoms with van der Waals surface area (Å²) in [4.78, 5) is 40.5. The number of carbonyl (C=O) groups excluding carboxylic acids is 2. The first-order chi connectivity index (χ1) is 17.6. The fraction of sp³-hybridized carbons (Fsp3) is 0.400. The number of hydrogen-bond donors (Lipinski definition) is 1. The van der Waals surface area contributed by atoms with Crippen LogP contribution >= 0.6 is 11.8 Å². The number of hydrogen-bond acceptors (Lipinski definition) is 8. The summed E-state index contributed by atoms with van der Waals surface area (Å²) in [7, 11) is -2.51. The number of oxazole rings is 1. The van der Waals surface area contributed by atoms with E-state index in [2.05, 4.69) is 9.62 Å². The minimum atomic E-state index is -4.05. The molecule has 4 rings (SSSR count). The van der Waals surface area contributed by atoms with Gasteiger partial charge >= 0.3 is 5.76 Å². The highest BCUT2D eigenvalue weighted by molar-refractivity contribution is 7.98. The van der Waals surface area contributed by atoms with Gasteiger partial charge in [0.1, 0.15) is 6.04 Å². The smallest absolute Gasteiger partial charge is 0.408 e. The van der Waals surface area contributed by atoms with Gasteiger partial charge in [0.25, 0.3) is 0 Å². The third-order valence-corrected chi connectivity index (χ3v) is 8.62. The first-order valence-corrected chi connectivity index (χ1v) is 14.7. The number of thioether (sulfide) groups is 1. The summed E-state index contributed by atoms with van der Waals surface area (Å²) >= 11 is 1.53. The lowest BCUT2D eigenvalue weighted by Gasteiger charge is -2.37. The van der Waals surface area contributed by atoms with E-state index in [0.717, 1.165) is 5.69 Å². The van der Waals surface area contributed by atoms with Crippen molar-refractivity contribution in [2.24, 2.45) is 7.05 Å². The Kier molecular flexibility index (Phi) is 8.10. The number of fused-ring (bicyclic) bond motifs is 1. The lowest BCUT2D eigenvalue weighted by atomic mass is 10.1. The highest BCUT2D eigenvalue weighted by atomic mass is 32.2. The normalized spacial score (nSPS) is 15.2. The molecule has 1 saturated heterocycles. The molecule has 1 aliphatic heterocycles. The monoisotopic (exact) mass is 546 g/mol. The van der Waals surface area contributed by atoms with E-state index >= 15 is 0 Å². The molecule has 3 aromatic rings. The second kappa shape index (κ2) is 11.1. The summed E-state index contributed by atoms with van der Waals surface area (Å²) in [5.74, 6) is -0.238. The van der Waals surface area contributed by atoms with Gasteiger partial charge < -0.3 is 14.2 Å². The van der Waals surface area contributed by atoms with Gasteiger partial charge in [-0.05, 0) is 61.8 Å². The number of piperazine rings is 1. The van der Waals surface area contributed by atoms with Crippen molar-refractivity contribution in [1.82, 2.24) is 14.2 Å². The summed E-state index contributed by atoms with van der Waals surface area (Å²) in [5, 5.41) is 0. The maximum absolute atomic E-state index is 13.4. The first kappa shape index (κ1) is 27.0. The van der Waals surface area contributed by atoms with Crippen LogP contribution in [0.4, 0.5) is 5.69 Å². The van der Waals surface area contributed by atoms with E-state index in [9.17, 15) is 22.8 Å². The Balaban J connectivity index is 1.46. The third kappa shape index (κ3) is 5.91. The first-order valence-electron chi connectivity index (χ1n) is 11.9. The summed E-state index contributed by atoms with van der Waals surface area (Å²) in [5.41, 5.74) is 2.26. The lowest BCUT2D eigenvalue weighted by Crippen LogP contribution is -2.55. The number of rotatable bonds is 9. The maximum Gasteiger partial charge on any atom is 0.419 e. The molecule has 37 heavy (non-hydrogen) atoms. The van der Waals surface area contributed by atoms with Gasteiger partial charge in [0.15, 0.2) is 11.4 Å². The average Bonchev–Trinajstić information content (AvgIpc) is 3.18. The number of amides is 1. The molecule has 0 bridgehead atoms. The maximum atomic E-state index is 13.4. The Hall–Kier alpha value is -3.09. The number of sulfonamides is 1. The number of ketones is 1. The van der Waals surface area contributed by atoms with Gasteiger partial charge in [-0.15, -0.1) is 0 Å². The van der Waals surface area contributed by atoms with Crippen molar-refractivity contribution in [2.45, 2.75) is 24.3 Å². The van der Waals surface area contributed by atoms with E-state index in [4.69, 9.17) is 4.42 Å². The lowest BCUT2D eigenvalue weighted by molar-refractivity contribution is -0.133. The third-order valence-electron chi connectivity index (χ3n) is 6.51. The fourth-order valence-electron chi connectivity index (χ4n) is 4.32. The molecular formula is C25H30N4O6S2. The van der Waals surface area contributed by atoms with Gasteiger partial charge in [0.2, 0.25) is 15.9 Å². The Morgan fingerprint density at radius 2 is 1.76 bits per heavy atom.